The smallest absolute Gasteiger partial charge is 0.227 e. The van der Waals surface area contributed by atoms with Crippen LogP contribution in [0.15, 0.2) is 47.0 Å². The highest BCUT2D eigenvalue weighted by Crippen LogP contribution is 2.34. The van der Waals surface area contributed by atoms with E-state index in [4.69, 9.17) is 8.53 Å². The van der Waals surface area contributed by atoms with E-state index in [0.717, 1.165) is 39.6 Å². The summed E-state index contributed by atoms with van der Waals surface area (Å²) < 4.78 is 30.8. The van der Waals surface area contributed by atoms with Gasteiger partial charge < -0.3 is 4.42 Å². The predicted molar refractivity (Wildman–Crippen MR) is 106 cm³/mol. The van der Waals surface area contributed by atoms with Crippen LogP contribution in [-0.4, -0.2) is 4.98 Å². The van der Waals surface area contributed by atoms with Gasteiger partial charge in [-0.2, -0.15) is 0 Å². The second kappa shape index (κ2) is 6.24. The van der Waals surface area contributed by atoms with Crippen LogP contribution >= 0.6 is 0 Å². The highest BCUT2D eigenvalue weighted by molar-refractivity contribution is 6.05. The minimum Gasteiger partial charge on any atom is -0.438 e. The maximum Gasteiger partial charge on any atom is 0.227 e. The van der Waals surface area contributed by atoms with Gasteiger partial charge in [0.05, 0.1) is 0 Å². The third kappa shape index (κ3) is 2.68. The van der Waals surface area contributed by atoms with E-state index in [2.05, 4.69) is 61.8 Å². The SMILES string of the molecule is [2H]C([2H])([2H])c1ccc2c(n1)oc1cc(C)c(-c3cc(C(C)CC)cc[n+]3C)cc12. The quantitative estimate of drug-likeness (QED) is 0.451. The van der Waals surface area contributed by atoms with Gasteiger partial charge in [0.2, 0.25) is 11.4 Å². The lowest BCUT2D eigenvalue weighted by molar-refractivity contribution is -0.660. The number of aryl methyl sites for hydroxylation is 3. The van der Waals surface area contributed by atoms with Crippen molar-refractivity contribution < 1.29 is 13.1 Å². The molecule has 26 heavy (non-hydrogen) atoms. The van der Waals surface area contributed by atoms with Gasteiger partial charge in [0.15, 0.2) is 6.20 Å². The molecule has 4 rings (SSSR count). The van der Waals surface area contributed by atoms with Crippen molar-refractivity contribution >= 4 is 22.1 Å². The van der Waals surface area contributed by atoms with Crippen molar-refractivity contribution in [3.8, 4) is 11.3 Å². The summed E-state index contributed by atoms with van der Waals surface area (Å²) in [6.07, 6.45) is 3.20. The first-order valence-electron chi connectivity index (χ1n) is 10.5. The summed E-state index contributed by atoms with van der Waals surface area (Å²) >= 11 is 0. The number of furan rings is 1. The number of fused-ring (bicyclic) bond motifs is 3. The number of benzene rings is 1. The Hall–Kier alpha value is -2.68. The summed E-state index contributed by atoms with van der Waals surface area (Å²) in [4.78, 5) is 4.25. The van der Waals surface area contributed by atoms with E-state index in [1.807, 2.05) is 6.07 Å². The molecule has 3 aromatic heterocycles. The minimum atomic E-state index is -2.25. The van der Waals surface area contributed by atoms with Gasteiger partial charge in [-0.3, -0.25) is 0 Å². The molecule has 0 N–H and O–H groups in total. The third-order valence-electron chi connectivity index (χ3n) is 5.31. The molecule has 0 aliphatic heterocycles. The van der Waals surface area contributed by atoms with Gasteiger partial charge in [0.1, 0.15) is 12.6 Å². The van der Waals surface area contributed by atoms with Crippen LogP contribution in [0.1, 0.15) is 47.1 Å². The number of nitrogens with zero attached hydrogens (tertiary/aromatic N) is 2. The van der Waals surface area contributed by atoms with Crippen molar-refractivity contribution in [1.82, 2.24) is 4.98 Å². The Morgan fingerprint density at radius 2 is 2.04 bits per heavy atom. The maximum absolute atomic E-state index is 7.58. The topological polar surface area (TPSA) is 29.9 Å². The lowest BCUT2D eigenvalue weighted by Gasteiger charge is -2.11. The van der Waals surface area contributed by atoms with E-state index in [1.54, 1.807) is 12.1 Å². The van der Waals surface area contributed by atoms with Crippen LogP contribution < -0.4 is 4.57 Å². The zero-order chi connectivity index (χ0) is 20.9. The molecule has 0 radical (unpaired) electrons. The second-order valence-electron chi connectivity index (χ2n) is 7.08. The van der Waals surface area contributed by atoms with Gasteiger partial charge >= 0.3 is 0 Å². The molecule has 0 saturated heterocycles. The Bertz CT molecular complexity index is 1220. The van der Waals surface area contributed by atoms with E-state index in [1.165, 1.54) is 5.56 Å². The van der Waals surface area contributed by atoms with Crippen molar-refractivity contribution in [2.45, 2.75) is 40.0 Å². The minimum absolute atomic E-state index is 0.0497. The van der Waals surface area contributed by atoms with E-state index in [9.17, 15) is 0 Å². The first-order valence-corrected chi connectivity index (χ1v) is 9.03. The number of hydrogen-bond donors (Lipinski definition) is 0. The molecule has 0 saturated carbocycles. The standard InChI is InChI=1S/C23H25N2O/c1-6-14(2)17-9-10-25(5)21(12-17)19-13-20-18-8-7-16(4)24-23(18)26-22(20)11-15(19)3/h7-14H,6H2,1-5H3/q+1/i4D3. The largest absolute Gasteiger partial charge is 0.438 e. The molecular weight excluding hydrogens is 320 g/mol. The number of aromatic nitrogens is 2. The van der Waals surface area contributed by atoms with E-state index in [-0.39, 0.29) is 5.69 Å². The van der Waals surface area contributed by atoms with Gasteiger partial charge in [-0.1, -0.05) is 13.8 Å². The van der Waals surface area contributed by atoms with Crippen LogP contribution in [0, 0.1) is 13.8 Å². The van der Waals surface area contributed by atoms with Crippen molar-refractivity contribution in [2.24, 2.45) is 7.05 Å². The fraction of sp³-hybridized carbons (Fsp3) is 0.304. The van der Waals surface area contributed by atoms with Crippen molar-refractivity contribution in [1.29, 1.82) is 0 Å². The van der Waals surface area contributed by atoms with Gasteiger partial charge in [0, 0.05) is 38.3 Å². The van der Waals surface area contributed by atoms with Crippen molar-refractivity contribution in [3.05, 3.63) is 59.4 Å². The fourth-order valence-corrected chi connectivity index (χ4v) is 3.48. The van der Waals surface area contributed by atoms with Crippen LogP contribution in [0.5, 0.6) is 0 Å². The Kier molecular flexibility index (Phi) is 3.24. The Morgan fingerprint density at radius 1 is 1.19 bits per heavy atom. The molecular formula is C23H25N2O+. The molecule has 3 heteroatoms. The zero-order valence-electron chi connectivity index (χ0n) is 18.6. The van der Waals surface area contributed by atoms with Crippen LogP contribution in [0.4, 0.5) is 0 Å². The van der Waals surface area contributed by atoms with E-state index < -0.39 is 6.85 Å². The average Bonchev–Trinajstić information content (AvgIpc) is 3.03. The van der Waals surface area contributed by atoms with Crippen LogP contribution in [0.25, 0.3) is 33.3 Å². The number of rotatable bonds is 3. The van der Waals surface area contributed by atoms with Crippen LogP contribution in [0.2, 0.25) is 0 Å². The monoisotopic (exact) mass is 348 g/mol. The molecule has 1 atom stereocenters. The summed E-state index contributed by atoms with van der Waals surface area (Å²) in [7, 11) is 2.05. The molecule has 132 valence electrons. The molecule has 0 aliphatic carbocycles. The molecule has 3 heterocycles. The fourth-order valence-electron chi connectivity index (χ4n) is 3.48. The molecule has 3 nitrogen and oxygen atoms in total. The zero-order valence-corrected chi connectivity index (χ0v) is 15.6. The summed E-state index contributed by atoms with van der Waals surface area (Å²) in [5.41, 5.74) is 5.83. The normalized spacial score (nSPS) is 15.0. The van der Waals surface area contributed by atoms with Crippen LogP contribution in [-0.2, 0) is 7.05 Å². The predicted octanol–water partition coefficient (Wildman–Crippen LogP) is 5.60. The molecule has 0 bridgehead atoms. The van der Waals surface area contributed by atoms with Gasteiger partial charge in [-0.25, -0.2) is 9.55 Å². The van der Waals surface area contributed by atoms with Gasteiger partial charge in [-0.15, -0.1) is 0 Å². The molecule has 1 unspecified atom stereocenters. The van der Waals surface area contributed by atoms with E-state index >= 15 is 0 Å². The molecule has 0 aliphatic rings. The summed E-state index contributed by atoms with van der Waals surface area (Å²) in [5, 5.41) is 1.77. The third-order valence-corrected chi connectivity index (χ3v) is 5.31. The molecule has 4 aromatic rings. The first kappa shape index (κ1) is 13.5. The van der Waals surface area contributed by atoms with Crippen LogP contribution in [0.3, 0.4) is 0 Å². The first-order chi connectivity index (χ1) is 13.7. The van der Waals surface area contributed by atoms with Gasteiger partial charge in [0.25, 0.3) is 0 Å². The van der Waals surface area contributed by atoms with Crippen molar-refractivity contribution in [2.75, 3.05) is 0 Å². The number of pyridine rings is 2. The lowest BCUT2D eigenvalue weighted by atomic mass is 9.95. The highest BCUT2D eigenvalue weighted by Gasteiger charge is 2.18. The second-order valence-corrected chi connectivity index (χ2v) is 7.08. The molecule has 1 aromatic carbocycles. The van der Waals surface area contributed by atoms with Gasteiger partial charge in [-0.05, 0) is 61.5 Å². The Morgan fingerprint density at radius 3 is 2.81 bits per heavy atom. The number of hydrogen-bond acceptors (Lipinski definition) is 2. The maximum atomic E-state index is 7.58. The average molecular weight is 348 g/mol. The highest BCUT2D eigenvalue weighted by atomic mass is 16.3. The Balaban J connectivity index is 1.93. The lowest BCUT2D eigenvalue weighted by Crippen LogP contribution is -2.30. The Labute approximate surface area is 158 Å². The molecule has 0 amide bonds. The summed E-state index contributed by atoms with van der Waals surface area (Å²) in [5.74, 6) is 0.497. The molecule has 0 spiro atoms. The summed E-state index contributed by atoms with van der Waals surface area (Å²) in [6, 6.07) is 11.9. The molecule has 0 fully saturated rings. The summed E-state index contributed by atoms with van der Waals surface area (Å²) in [6.45, 7) is 4.26. The van der Waals surface area contributed by atoms with E-state index in [0.29, 0.717) is 11.6 Å². The van der Waals surface area contributed by atoms with Crippen molar-refractivity contribution in [3.63, 3.8) is 0 Å².